The van der Waals surface area contributed by atoms with Crippen LogP contribution in [0.5, 0.6) is 0 Å². The van der Waals surface area contributed by atoms with Crippen LogP contribution in [0.25, 0.3) is 0 Å². The molecule has 3 aromatic carbocycles. The molecule has 4 rings (SSSR count). The molecule has 0 aromatic heterocycles. The molecule has 190 valence electrons. The van der Waals surface area contributed by atoms with E-state index in [1.54, 1.807) is 19.1 Å². The summed E-state index contributed by atoms with van der Waals surface area (Å²) in [5.74, 6) is -1.25. The highest BCUT2D eigenvalue weighted by Gasteiger charge is 2.31. The molecule has 1 fully saturated rings. The van der Waals surface area contributed by atoms with Gasteiger partial charge in [-0.3, -0.25) is 9.69 Å². The van der Waals surface area contributed by atoms with Crippen LogP contribution in [0.2, 0.25) is 10.0 Å². The van der Waals surface area contributed by atoms with Gasteiger partial charge in [-0.1, -0.05) is 83.9 Å². The molecule has 1 saturated heterocycles. The number of carboxylic acid groups (broad SMARTS) is 1. The van der Waals surface area contributed by atoms with Crippen LogP contribution in [0.1, 0.15) is 36.5 Å². The second-order valence-electron chi connectivity index (χ2n) is 8.72. The van der Waals surface area contributed by atoms with E-state index in [1.807, 2.05) is 60.7 Å². The summed E-state index contributed by atoms with van der Waals surface area (Å²) < 4.78 is 0. The summed E-state index contributed by atoms with van der Waals surface area (Å²) in [4.78, 5) is 31.8. The summed E-state index contributed by atoms with van der Waals surface area (Å²) >= 11 is 12.2. The number of carboxylic acids is 1. The van der Waals surface area contributed by atoms with Crippen LogP contribution in [-0.2, 0) is 16.1 Å². The molecule has 0 bridgehead atoms. The van der Waals surface area contributed by atoms with Gasteiger partial charge in [-0.25, -0.2) is 9.79 Å². The zero-order valence-corrected chi connectivity index (χ0v) is 21.8. The fourth-order valence-electron chi connectivity index (χ4n) is 4.43. The Bertz CT molecular complexity index is 1360. The van der Waals surface area contributed by atoms with E-state index in [9.17, 15) is 14.7 Å². The van der Waals surface area contributed by atoms with E-state index in [2.05, 4.69) is 15.2 Å². The van der Waals surface area contributed by atoms with E-state index < -0.39 is 5.97 Å². The van der Waals surface area contributed by atoms with Gasteiger partial charge in [0.25, 0.3) is 0 Å². The number of likely N-dealkylation sites (tertiary alicyclic amines) is 1. The van der Waals surface area contributed by atoms with Gasteiger partial charge in [-0.2, -0.15) is 0 Å². The van der Waals surface area contributed by atoms with Crippen molar-refractivity contribution in [2.45, 2.75) is 32.4 Å². The quantitative estimate of drug-likeness (QED) is 0.257. The standard InChI is InChI=1S/C29H27Cl2N3O3/c1-2-24(29(36)37)32-27(20-9-4-3-5-10-20)21-11-6-7-12-25(21)33-28(35)26-13-8-16-34(26)18-19-14-15-22(30)23(31)17-19/h2-7,9-12,14-15,17,26H,8,13,16,18H2,1H3,(H,33,35)(H,36,37)/b24-2+,32-27?/t26-/m0/s1. The van der Waals surface area contributed by atoms with Crippen molar-refractivity contribution in [3.63, 3.8) is 0 Å². The smallest absolute Gasteiger partial charge is 0.354 e. The lowest BCUT2D eigenvalue weighted by Gasteiger charge is -2.24. The monoisotopic (exact) mass is 535 g/mol. The minimum Gasteiger partial charge on any atom is -0.477 e. The van der Waals surface area contributed by atoms with Crippen LogP contribution in [0, 0.1) is 0 Å². The lowest BCUT2D eigenvalue weighted by Crippen LogP contribution is -2.39. The molecule has 1 aliphatic heterocycles. The zero-order chi connectivity index (χ0) is 26.4. The highest BCUT2D eigenvalue weighted by atomic mass is 35.5. The first kappa shape index (κ1) is 26.6. The number of benzene rings is 3. The van der Waals surface area contributed by atoms with Crippen LogP contribution in [0.15, 0.2) is 89.6 Å². The number of carbonyl (C=O) groups excluding carboxylic acids is 1. The number of nitrogens with one attached hydrogen (secondary N) is 1. The number of halogens is 2. The van der Waals surface area contributed by atoms with Crippen molar-refractivity contribution >= 4 is 46.5 Å². The van der Waals surface area contributed by atoms with Gasteiger partial charge in [0, 0.05) is 17.7 Å². The van der Waals surface area contributed by atoms with E-state index in [0.29, 0.717) is 33.6 Å². The lowest BCUT2D eigenvalue weighted by molar-refractivity contribution is -0.132. The maximum atomic E-state index is 13.5. The molecule has 1 heterocycles. The van der Waals surface area contributed by atoms with Crippen molar-refractivity contribution in [3.05, 3.63) is 111 Å². The van der Waals surface area contributed by atoms with Crippen LogP contribution in [-0.4, -0.2) is 40.2 Å². The average molecular weight is 536 g/mol. The van der Waals surface area contributed by atoms with Crippen molar-refractivity contribution in [2.75, 3.05) is 11.9 Å². The Morgan fingerprint density at radius 1 is 1.05 bits per heavy atom. The van der Waals surface area contributed by atoms with Crippen LogP contribution in [0.3, 0.4) is 0 Å². The Kier molecular flexibility index (Phi) is 8.77. The predicted octanol–water partition coefficient (Wildman–Crippen LogP) is 6.42. The van der Waals surface area contributed by atoms with E-state index >= 15 is 0 Å². The maximum absolute atomic E-state index is 13.5. The van der Waals surface area contributed by atoms with E-state index in [0.717, 1.165) is 30.5 Å². The minimum absolute atomic E-state index is 0.0800. The first-order valence-electron chi connectivity index (χ1n) is 12.0. The molecular weight excluding hydrogens is 509 g/mol. The van der Waals surface area contributed by atoms with Gasteiger partial charge in [-0.15, -0.1) is 0 Å². The van der Waals surface area contributed by atoms with E-state index in [-0.39, 0.29) is 17.6 Å². The van der Waals surface area contributed by atoms with Crippen molar-refractivity contribution in [1.82, 2.24) is 4.90 Å². The van der Waals surface area contributed by atoms with Crippen LogP contribution < -0.4 is 5.32 Å². The third-order valence-electron chi connectivity index (χ3n) is 6.25. The van der Waals surface area contributed by atoms with Gasteiger partial charge in [0.15, 0.2) is 0 Å². The molecule has 8 heteroatoms. The average Bonchev–Trinajstić information content (AvgIpc) is 3.36. The van der Waals surface area contributed by atoms with Gasteiger partial charge in [0.2, 0.25) is 5.91 Å². The first-order valence-corrected chi connectivity index (χ1v) is 12.7. The molecule has 0 aliphatic carbocycles. The van der Waals surface area contributed by atoms with E-state index in [1.165, 1.54) is 6.08 Å². The van der Waals surface area contributed by atoms with Crippen molar-refractivity contribution in [1.29, 1.82) is 0 Å². The number of hydrogen-bond donors (Lipinski definition) is 2. The number of para-hydroxylation sites is 1. The summed E-state index contributed by atoms with van der Waals surface area (Å²) in [6.45, 7) is 3.00. The van der Waals surface area contributed by atoms with Gasteiger partial charge < -0.3 is 10.4 Å². The molecule has 0 saturated carbocycles. The highest BCUT2D eigenvalue weighted by Crippen LogP contribution is 2.27. The Morgan fingerprint density at radius 3 is 2.49 bits per heavy atom. The third-order valence-corrected chi connectivity index (χ3v) is 6.99. The highest BCUT2D eigenvalue weighted by molar-refractivity contribution is 6.42. The van der Waals surface area contributed by atoms with Crippen LogP contribution in [0.4, 0.5) is 5.69 Å². The number of anilines is 1. The molecule has 3 aromatic rings. The minimum atomic E-state index is -1.12. The molecule has 0 radical (unpaired) electrons. The molecular formula is C29H27Cl2N3O3. The molecule has 1 atom stereocenters. The van der Waals surface area contributed by atoms with Crippen molar-refractivity contribution in [2.24, 2.45) is 4.99 Å². The largest absolute Gasteiger partial charge is 0.477 e. The Hall–Kier alpha value is -3.45. The topological polar surface area (TPSA) is 82.0 Å². The van der Waals surface area contributed by atoms with Crippen molar-refractivity contribution in [3.8, 4) is 0 Å². The Morgan fingerprint density at radius 2 is 1.78 bits per heavy atom. The maximum Gasteiger partial charge on any atom is 0.354 e. The summed E-state index contributed by atoms with van der Waals surface area (Å²) in [5.41, 5.74) is 3.32. The van der Waals surface area contributed by atoms with Crippen molar-refractivity contribution < 1.29 is 14.7 Å². The molecule has 0 spiro atoms. The Labute approximate surface area is 226 Å². The summed E-state index contributed by atoms with van der Waals surface area (Å²) in [6.07, 6.45) is 3.09. The van der Waals surface area contributed by atoms with Gasteiger partial charge >= 0.3 is 5.97 Å². The first-order chi connectivity index (χ1) is 17.9. The number of nitrogens with zero attached hydrogens (tertiary/aromatic N) is 2. The number of aliphatic imine (C=N–C) groups is 1. The number of amides is 1. The SMILES string of the molecule is C/C=C(/N=C(c1ccccc1)c1ccccc1NC(=O)[C@@H]1CCCN1Cc1ccc(Cl)c(Cl)c1)C(=O)O. The number of rotatable bonds is 8. The van der Waals surface area contributed by atoms with Gasteiger partial charge in [0.05, 0.1) is 27.5 Å². The second kappa shape index (κ2) is 12.2. The van der Waals surface area contributed by atoms with E-state index in [4.69, 9.17) is 23.2 Å². The zero-order valence-electron chi connectivity index (χ0n) is 20.3. The third kappa shape index (κ3) is 6.46. The summed E-state index contributed by atoms with van der Waals surface area (Å²) in [5, 5.41) is 13.7. The molecule has 6 nitrogen and oxygen atoms in total. The molecule has 1 aliphatic rings. The van der Waals surface area contributed by atoms with Gasteiger partial charge in [0.1, 0.15) is 5.70 Å². The lowest BCUT2D eigenvalue weighted by atomic mass is 10.00. The summed E-state index contributed by atoms with van der Waals surface area (Å²) in [7, 11) is 0. The fourth-order valence-corrected chi connectivity index (χ4v) is 4.75. The second-order valence-corrected chi connectivity index (χ2v) is 9.53. The number of aliphatic carboxylic acids is 1. The predicted molar refractivity (Wildman–Crippen MR) is 148 cm³/mol. The normalized spacial score (nSPS) is 16.6. The fraction of sp³-hybridized carbons (Fsp3) is 0.207. The Balaban J connectivity index is 1.62. The molecule has 1 amide bonds. The number of allylic oxidation sites excluding steroid dienone is 1. The number of hydrogen-bond acceptors (Lipinski definition) is 4. The number of carbonyl (C=O) groups is 2. The summed E-state index contributed by atoms with van der Waals surface area (Å²) in [6, 6.07) is 21.8. The van der Waals surface area contributed by atoms with Gasteiger partial charge in [-0.05, 0) is 50.1 Å². The molecule has 0 unspecified atom stereocenters. The van der Waals surface area contributed by atoms with Crippen LogP contribution >= 0.6 is 23.2 Å². The molecule has 37 heavy (non-hydrogen) atoms. The molecule has 2 N–H and O–H groups in total.